The highest BCUT2D eigenvalue weighted by Gasteiger charge is 2.05. The van der Waals surface area contributed by atoms with E-state index in [1.54, 1.807) is 6.07 Å². The lowest BCUT2D eigenvalue weighted by molar-refractivity contribution is 0.311. The number of benzene rings is 2. The Balaban J connectivity index is 2.25. The Morgan fingerprint density at radius 1 is 1.06 bits per heavy atom. The number of halogens is 1. The van der Waals surface area contributed by atoms with Gasteiger partial charge in [0.2, 0.25) is 0 Å². The first-order valence-corrected chi connectivity index (χ1v) is 5.90. The van der Waals surface area contributed by atoms with Gasteiger partial charge in [0.25, 0.3) is 0 Å². The van der Waals surface area contributed by atoms with Gasteiger partial charge in [-0.15, -0.1) is 0 Å². The molecular weight excluding hydrogens is 229 g/mol. The molecule has 0 aromatic heterocycles. The Morgan fingerprint density at radius 2 is 1.72 bits per heavy atom. The minimum atomic E-state index is -0.360. The summed E-state index contributed by atoms with van der Waals surface area (Å²) in [7, 11) is 0. The number of ether oxygens (including phenoxy) is 1. The molecule has 0 aliphatic heterocycles. The monoisotopic (exact) mass is 245 g/mol. The molecule has 2 aromatic rings. The predicted octanol–water partition coefficient (Wildman–Crippen LogP) is 3.14. The average molecular weight is 245 g/mol. The third-order valence-electron chi connectivity index (χ3n) is 2.69. The molecule has 3 heteroatoms. The maximum atomic E-state index is 13.8. The van der Waals surface area contributed by atoms with Gasteiger partial charge < -0.3 is 10.5 Å². The molecule has 0 aliphatic rings. The van der Waals surface area contributed by atoms with E-state index in [4.69, 9.17) is 10.5 Å². The van der Waals surface area contributed by atoms with Crippen LogP contribution >= 0.6 is 0 Å². The summed E-state index contributed by atoms with van der Waals surface area (Å²) in [5.74, 6) is -0.113. The van der Waals surface area contributed by atoms with Gasteiger partial charge in [0.15, 0.2) is 11.6 Å². The summed E-state index contributed by atoms with van der Waals surface area (Å²) in [5, 5.41) is 0. The summed E-state index contributed by atoms with van der Waals surface area (Å²) in [6, 6.07) is 12.9. The fraction of sp³-hybridized carbons (Fsp3) is 0.200. The van der Waals surface area contributed by atoms with E-state index < -0.39 is 0 Å². The van der Waals surface area contributed by atoms with E-state index in [0.717, 1.165) is 11.1 Å². The van der Waals surface area contributed by atoms with Crippen LogP contribution in [0.1, 0.15) is 5.56 Å². The summed E-state index contributed by atoms with van der Waals surface area (Å²) in [5.41, 5.74) is 8.33. The lowest BCUT2D eigenvalue weighted by Crippen LogP contribution is -2.11. The van der Waals surface area contributed by atoms with Crippen LogP contribution in [-0.4, -0.2) is 13.2 Å². The molecule has 0 heterocycles. The molecule has 2 N–H and O–H groups in total. The molecule has 0 bridgehead atoms. The molecule has 2 aromatic carbocycles. The third-order valence-corrected chi connectivity index (χ3v) is 2.69. The first kappa shape index (κ1) is 12.6. The van der Waals surface area contributed by atoms with Crippen molar-refractivity contribution in [3.05, 3.63) is 53.8 Å². The molecule has 0 amide bonds. The van der Waals surface area contributed by atoms with E-state index in [1.807, 2.05) is 37.3 Å². The molecule has 2 nitrogen and oxygen atoms in total. The second-order valence-electron chi connectivity index (χ2n) is 4.15. The van der Waals surface area contributed by atoms with Crippen LogP contribution in [0.4, 0.5) is 4.39 Å². The Bertz CT molecular complexity index is 523. The predicted molar refractivity (Wildman–Crippen MR) is 71.1 cm³/mol. The van der Waals surface area contributed by atoms with E-state index in [0.29, 0.717) is 13.2 Å². The van der Waals surface area contributed by atoms with Crippen molar-refractivity contribution in [3.63, 3.8) is 0 Å². The Hall–Kier alpha value is -1.87. The molecule has 0 aliphatic carbocycles. The Morgan fingerprint density at radius 3 is 2.33 bits per heavy atom. The van der Waals surface area contributed by atoms with E-state index in [2.05, 4.69) is 0 Å². The van der Waals surface area contributed by atoms with Crippen molar-refractivity contribution in [1.29, 1.82) is 0 Å². The van der Waals surface area contributed by atoms with Gasteiger partial charge in [-0.05, 0) is 30.2 Å². The van der Waals surface area contributed by atoms with Crippen molar-refractivity contribution in [2.24, 2.45) is 5.73 Å². The van der Waals surface area contributed by atoms with Crippen LogP contribution in [0, 0.1) is 12.7 Å². The van der Waals surface area contributed by atoms with Crippen molar-refractivity contribution in [3.8, 4) is 16.9 Å². The van der Waals surface area contributed by atoms with Gasteiger partial charge in [-0.1, -0.05) is 35.9 Å². The molecule has 0 saturated heterocycles. The van der Waals surface area contributed by atoms with Crippen LogP contribution < -0.4 is 10.5 Å². The summed E-state index contributed by atoms with van der Waals surface area (Å²) in [4.78, 5) is 0. The number of rotatable bonds is 4. The lowest BCUT2D eigenvalue weighted by Gasteiger charge is -2.08. The van der Waals surface area contributed by atoms with Crippen LogP contribution in [0.15, 0.2) is 42.5 Å². The van der Waals surface area contributed by atoms with Crippen molar-refractivity contribution in [2.75, 3.05) is 13.2 Å². The highest BCUT2D eigenvalue weighted by molar-refractivity contribution is 5.64. The second-order valence-corrected chi connectivity index (χ2v) is 4.15. The summed E-state index contributed by atoms with van der Waals surface area (Å²) < 4.78 is 19.0. The van der Waals surface area contributed by atoms with E-state index >= 15 is 0 Å². The molecule has 0 atom stereocenters. The zero-order chi connectivity index (χ0) is 13.0. The van der Waals surface area contributed by atoms with Crippen molar-refractivity contribution in [2.45, 2.75) is 6.92 Å². The molecule has 0 radical (unpaired) electrons. The molecule has 0 fully saturated rings. The van der Waals surface area contributed by atoms with Crippen LogP contribution in [-0.2, 0) is 0 Å². The fourth-order valence-electron chi connectivity index (χ4n) is 1.71. The van der Waals surface area contributed by atoms with Crippen molar-refractivity contribution in [1.82, 2.24) is 0 Å². The largest absolute Gasteiger partial charge is 0.489 e. The van der Waals surface area contributed by atoms with Gasteiger partial charge in [0, 0.05) is 6.54 Å². The van der Waals surface area contributed by atoms with Gasteiger partial charge in [0.1, 0.15) is 6.61 Å². The van der Waals surface area contributed by atoms with Crippen LogP contribution in [0.2, 0.25) is 0 Å². The first-order chi connectivity index (χ1) is 8.70. The smallest absolute Gasteiger partial charge is 0.165 e. The van der Waals surface area contributed by atoms with Crippen LogP contribution in [0.5, 0.6) is 5.75 Å². The molecule has 94 valence electrons. The van der Waals surface area contributed by atoms with Gasteiger partial charge >= 0.3 is 0 Å². The summed E-state index contributed by atoms with van der Waals surface area (Å²) in [6.07, 6.45) is 0. The van der Waals surface area contributed by atoms with Gasteiger partial charge in [-0.3, -0.25) is 0 Å². The van der Waals surface area contributed by atoms with Crippen LogP contribution in [0.3, 0.4) is 0 Å². The molecule has 18 heavy (non-hydrogen) atoms. The van der Waals surface area contributed by atoms with E-state index in [1.165, 1.54) is 11.6 Å². The normalized spacial score (nSPS) is 10.4. The number of aryl methyl sites for hydroxylation is 1. The Kier molecular flexibility index (Phi) is 3.95. The zero-order valence-corrected chi connectivity index (χ0v) is 10.3. The second kappa shape index (κ2) is 5.65. The summed E-state index contributed by atoms with van der Waals surface area (Å²) in [6.45, 7) is 2.72. The number of nitrogens with two attached hydrogens (primary N) is 1. The number of hydrogen-bond donors (Lipinski definition) is 1. The topological polar surface area (TPSA) is 35.2 Å². The quantitative estimate of drug-likeness (QED) is 0.898. The van der Waals surface area contributed by atoms with Gasteiger partial charge in [-0.2, -0.15) is 0 Å². The minimum absolute atomic E-state index is 0.247. The summed E-state index contributed by atoms with van der Waals surface area (Å²) >= 11 is 0. The highest BCUT2D eigenvalue weighted by Crippen LogP contribution is 2.25. The molecule has 2 rings (SSSR count). The molecule has 0 saturated carbocycles. The molecular formula is C15H16FNO. The maximum Gasteiger partial charge on any atom is 0.165 e. The van der Waals surface area contributed by atoms with E-state index in [-0.39, 0.29) is 11.6 Å². The van der Waals surface area contributed by atoms with Crippen molar-refractivity contribution < 1.29 is 9.13 Å². The van der Waals surface area contributed by atoms with E-state index in [9.17, 15) is 4.39 Å². The van der Waals surface area contributed by atoms with Crippen LogP contribution in [0.25, 0.3) is 11.1 Å². The average Bonchev–Trinajstić information content (AvgIpc) is 2.38. The standard InChI is InChI=1S/C15H16FNO/c1-11-2-4-12(5-3-11)13-6-7-15(14(16)10-13)18-9-8-17/h2-7,10H,8-9,17H2,1H3. The highest BCUT2D eigenvalue weighted by atomic mass is 19.1. The fourth-order valence-corrected chi connectivity index (χ4v) is 1.71. The minimum Gasteiger partial charge on any atom is -0.489 e. The number of hydrogen-bond acceptors (Lipinski definition) is 2. The SMILES string of the molecule is Cc1ccc(-c2ccc(OCCN)c(F)c2)cc1. The van der Waals surface area contributed by atoms with Gasteiger partial charge in [-0.25, -0.2) is 4.39 Å². The molecule has 0 spiro atoms. The van der Waals surface area contributed by atoms with Gasteiger partial charge in [0.05, 0.1) is 0 Å². The third kappa shape index (κ3) is 2.87. The Labute approximate surface area is 106 Å². The first-order valence-electron chi connectivity index (χ1n) is 5.90. The maximum absolute atomic E-state index is 13.8. The van der Waals surface area contributed by atoms with Crippen molar-refractivity contribution >= 4 is 0 Å². The molecule has 0 unspecified atom stereocenters. The lowest BCUT2D eigenvalue weighted by atomic mass is 10.0. The zero-order valence-electron chi connectivity index (χ0n) is 10.3.